The highest BCUT2D eigenvalue weighted by molar-refractivity contribution is 7.16. The van der Waals surface area contributed by atoms with Crippen LogP contribution in [0.5, 0.6) is 5.88 Å². The topological polar surface area (TPSA) is 47.9 Å². The van der Waals surface area contributed by atoms with Gasteiger partial charge in [-0.1, -0.05) is 6.07 Å². The third-order valence-electron chi connectivity index (χ3n) is 2.38. The maximum absolute atomic E-state index is 5.28. The van der Waals surface area contributed by atoms with E-state index in [1.165, 1.54) is 0 Å². The predicted octanol–water partition coefficient (Wildman–Crippen LogP) is 2.76. The molecule has 0 aliphatic rings. The van der Waals surface area contributed by atoms with Crippen LogP contribution in [0, 0.1) is 0 Å². The van der Waals surface area contributed by atoms with Crippen LogP contribution in [0.25, 0.3) is 21.7 Å². The lowest BCUT2D eigenvalue weighted by molar-refractivity contribution is 0.403. The molecule has 0 fully saturated rings. The van der Waals surface area contributed by atoms with Crippen LogP contribution in [-0.2, 0) is 0 Å². The number of hydrogen-bond acceptors (Lipinski definition) is 5. The van der Waals surface area contributed by atoms with E-state index in [0.717, 1.165) is 15.9 Å². The Kier molecular flexibility index (Phi) is 2.45. The van der Waals surface area contributed by atoms with Gasteiger partial charge in [-0.3, -0.25) is 4.98 Å². The van der Waals surface area contributed by atoms with Crippen LogP contribution < -0.4 is 4.74 Å². The van der Waals surface area contributed by atoms with Gasteiger partial charge in [0.15, 0.2) is 5.82 Å². The highest BCUT2D eigenvalue weighted by atomic mass is 32.1. The molecule has 0 aliphatic heterocycles. The van der Waals surface area contributed by atoms with Crippen LogP contribution in [0.4, 0.5) is 0 Å². The molecule has 0 saturated heterocycles. The first kappa shape index (κ1) is 10.2. The SMILES string of the molecule is COc1nc(-c2ccccn2)nc2sccc12. The third-order valence-corrected chi connectivity index (χ3v) is 3.18. The fourth-order valence-electron chi connectivity index (χ4n) is 1.59. The number of rotatable bonds is 2. The number of pyridine rings is 1. The van der Waals surface area contributed by atoms with E-state index in [2.05, 4.69) is 15.0 Å². The first-order chi connectivity index (χ1) is 8.38. The molecule has 3 aromatic heterocycles. The van der Waals surface area contributed by atoms with Crippen molar-refractivity contribution >= 4 is 21.6 Å². The maximum atomic E-state index is 5.28. The van der Waals surface area contributed by atoms with E-state index in [9.17, 15) is 0 Å². The van der Waals surface area contributed by atoms with E-state index in [1.54, 1.807) is 24.6 Å². The first-order valence-electron chi connectivity index (χ1n) is 5.09. The molecule has 0 unspecified atom stereocenters. The average molecular weight is 243 g/mol. The van der Waals surface area contributed by atoms with Crippen molar-refractivity contribution in [2.24, 2.45) is 0 Å². The van der Waals surface area contributed by atoms with Gasteiger partial charge in [-0.2, -0.15) is 4.98 Å². The molecule has 0 bridgehead atoms. The zero-order valence-electron chi connectivity index (χ0n) is 9.12. The molecule has 3 aromatic rings. The minimum atomic E-state index is 0.594. The minimum Gasteiger partial charge on any atom is -0.480 e. The van der Waals surface area contributed by atoms with Gasteiger partial charge >= 0.3 is 0 Å². The van der Waals surface area contributed by atoms with Crippen LogP contribution in [0.3, 0.4) is 0 Å². The van der Waals surface area contributed by atoms with Gasteiger partial charge in [0.1, 0.15) is 10.5 Å². The summed E-state index contributed by atoms with van der Waals surface area (Å²) >= 11 is 1.57. The second-order valence-corrected chi connectivity index (χ2v) is 4.31. The summed E-state index contributed by atoms with van der Waals surface area (Å²) in [5, 5.41) is 2.92. The zero-order valence-corrected chi connectivity index (χ0v) is 9.94. The summed E-state index contributed by atoms with van der Waals surface area (Å²) in [6.45, 7) is 0. The largest absolute Gasteiger partial charge is 0.480 e. The summed E-state index contributed by atoms with van der Waals surface area (Å²) in [5.41, 5.74) is 0.751. The lowest BCUT2D eigenvalue weighted by atomic mass is 10.3. The smallest absolute Gasteiger partial charge is 0.225 e. The quantitative estimate of drug-likeness (QED) is 0.694. The van der Waals surface area contributed by atoms with E-state index < -0.39 is 0 Å². The molecule has 4 nitrogen and oxygen atoms in total. The summed E-state index contributed by atoms with van der Waals surface area (Å²) < 4.78 is 5.28. The monoisotopic (exact) mass is 243 g/mol. The summed E-state index contributed by atoms with van der Waals surface area (Å²) in [4.78, 5) is 14.0. The fourth-order valence-corrected chi connectivity index (χ4v) is 2.35. The Morgan fingerprint density at radius 3 is 2.88 bits per heavy atom. The molecule has 0 radical (unpaired) electrons. The molecule has 0 aromatic carbocycles. The Bertz CT molecular complexity index is 651. The Labute approximate surface area is 102 Å². The van der Waals surface area contributed by atoms with Crippen LogP contribution >= 0.6 is 11.3 Å². The van der Waals surface area contributed by atoms with Gasteiger partial charge in [-0.05, 0) is 23.6 Å². The number of fused-ring (bicyclic) bond motifs is 1. The molecule has 3 rings (SSSR count). The van der Waals surface area contributed by atoms with Gasteiger partial charge in [0, 0.05) is 6.20 Å². The molecule has 0 atom stereocenters. The summed E-state index contributed by atoms with van der Waals surface area (Å²) in [6.07, 6.45) is 1.73. The van der Waals surface area contributed by atoms with E-state index in [4.69, 9.17) is 4.74 Å². The Morgan fingerprint density at radius 2 is 2.12 bits per heavy atom. The van der Waals surface area contributed by atoms with Crippen molar-refractivity contribution in [1.82, 2.24) is 15.0 Å². The van der Waals surface area contributed by atoms with E-state index >= 15 is 0 Å². The number of aromatic nitrogens is 3. The average Bonchev–Trinajstić information content (AvgIpc) is 2.86. The zero-order chi connectivity index (χ0) is 11.7. The lowest BCUT2D eigenvalue weighted by Gasteiger charge is -2.03. The van der Waals surface area contributed by atoms with Crippen molar-refractivity contribution in [3.8, 4) is 17.4 Å². The molecule has 0 saturated carbocycles. The number of ether oxygens (including phenoxy) is 1. The number of thiophene rings is 1. The van der Waals surface area contributed by atoms with Gasteiger partial charge in [-0.15, -0.1) is 11.3 Å². The number of hydrogen-bond donors (Lipinski definition) is 0. The molecule has 0 amide bonds. The number of methoxy groups -OCH3 is 1. The van der Waals surface area contributed by atoms with Gasteiger partial charge in [0.25, 0.3) is 0 Å². The highest BCUT2D eigenvalue weighted by Crippen LogP contribution is 2.28. The second-order valence-electron chi connectivity index (χ2n) is 3.41. The fraction of sp³-hybridized carbons (Fsp3) is 0.0833. The van der Waals surface area contributed by atoms with Crippen molar-refractivity contribution in [3.05, 3.63) is 35.8 Å². The van der Waals surface area contributed by atoms with E-state index in [0.29, 0.717) is 11.7 Å². The van der Waals surface area contributed by atoms with Gasteiger partial charge < -0.3 is 4.74 Å². The predicted molar refractivity (Wildman–Crippen MR) is 67.2 cm³/mol. The maximum Gasteiger partial charge on any atom is 0.225 e. The van der Waals surface area contributed by atoms with Crippen molar-refractivity contribution < 1.29 is 4.74 Å². The minimum absolute atomic E-state index is 0.594. The van der Waals surface area contributed by atoms with Crippen LogP contribution in [-0.4, -0.2) is 22.1 Å². The standard InChI is InChI=1S/C12H9N3OS/c1-16-11-8-5-7-17-12(8)15-10(14-11)9-4-2-3-6-13-9/h2-7H,1H3. The van der Waals surface area contributed by atoms with Crippen molar-refractivity contribution in [3.63, 3.8) is 0 Å². The van der Waals surface area contributed by atoms with Crippen molar-refractivity contribution in [1.29, 1.82) is 0 Å². The third kappa shape index (κ3) is 1.74. The number of nitrogens with zero attached hydrogens (tertiary/aromatic N) is 3. The van der Waals surface area contributed by atoms with E-state index in [-0.39, 0.29) is 0 Å². The molecule has 84 valence electrons. The molecular formula is C12H9N3OS. The van der Waals surface area contributed by atoms with Crippen molar-refractivity contribution in [2.75, 3.05) is 7.11 Å². The van der Waals surface area contributed by atoms with Crippen LogP contribution in [0.2, 0.25) is 0 Å². The molecule has 3 heterocycles. The lowest BCUT2D eigenvalue weighted by Crippen LogP contribution is -1.95. The molecule has 0 N–H and O–H groups in total. The van der Waals surface area contributed by atoms with Gasteiger partial charge in [-0.25, -0.2) is 4.98 Å². The van der Waals surface area contributed by atoms with Crippen molar-refractivity contribution in [2.45, 2.75) is 0 Å². The summed E-state index contributed by atoms with van der Waals surface area (Å²) in [6, 6.07) is 7.62. The van der Waals surface area contributed by atoms with Gasteiger partial charge in [0.2, 0.25) is 5.88 Å². The summed E-state index contributed by atoms with van der Waals surface area (Å²) in [7, 11) is 1.61. The Morgan fingerprint density at radius 1 is 1.18 bits per heavy atom. The normalized spacial score (nSPS) is 10.6. The van der Waals surface area contributed by atoms with E-state index in [1.807, 2.05) is 29.6 Å². The Balaban J connectivity index is 2.24. The highest BCUT2D eigenvalue weighted by Gasteiger charge is 2.10. The second kappa shape index (κ2) is 4.10. The first-order valence-corrected chi connectivity index (χ1v) is 5.97. The molecule has 17 heavy (non-hydrogen) atoms. The van der Waals surface area contributed by atoms with Crippen LogP contribution in [0.15, 0.2) is 35.8 Å². The van der Waals surface area contributed by atoms with Gasteiger partial charge in [0.05, 0.1) is 12.5 Å². The molecule has 0 spiro atoms. The Hall–Kier alpha value is -2.01. The summed E-state index contributed by atoms with van der Waals surface area (Å²) in [5.74, 6) is 1.19. The molecule has 5 heteroatoms. The molecular weight excluding hydrogens is 234 g/mol. The molecule has 0 aliphatic carbocycles. The van der Waals surface area contributed by atoms with Crippen LogP contribution in [0.1, 0.15) is 0 Å².